The van der Waals surface area contributed by atoms with E-state index in [0.29, 0.717) is 25.6 Å². The molecule has 5 nitrogen and oxygen atoms in total. The van der Waals surface area contributed by atoms with Crippen molar-refractivity contribution in [1.29, 1.82) is 0 Å². The number of imidazole rings is 1. The summed E-state index contributed by atoms with van der Waals surface area (Å²) in [5, 5.41) is 2.72. The van der Waals surface area contributed by atoms with E-state index in [1.54, 1.807) is 0 Å². The van der Waals surface area contributed by atoms with Crippen molar-refractivity contribution < 1.29 is 9.53 Å². The molecule has 0 fully saturated rings. The van der Waals surface area contributed by atoms with Crippen LogP contribution in [-0.2, 0) is 9.53 Å². The zero-order valence-electron chi connectivity index (χ0n) is 10.4. The van der Waals surface area contributed by atoms with E-state index in [2.05, 4.69) is 15.3 Å². The number of aromatic nitrogens is 2. The molecule has 1 heterocycles. The summed E-state index contributed by atoms with van der Waals surface area (Å²) in [4.78, 5) is 18.9. The maximum atomic E-state index is 11.6. The Kier molecular flexibility index (Phi) is 4.30. The molecule has 18 heavy (non-hydrogen) atoms. The van der Waals surface area contributed by atoms with Crippen LogP contribution in [0.2, 0.25) is 0 Å². The van der Waals surface area contributed by atoms with Crippen LogP contribution in [0.4, 0.5) is 5.95 Å². The van der Waals surface area contributed by atoms with Gasteiger partial charge in [0.2, 0.25) is 11.9 Å². The number of amides is 1. The third-order valence-corrected chi connectivity index (χ3v) is 2.47. The van der Waals surface area contributed by atoms with Crippen LogP contribution in [0.25, 0.3) is 11.0 Å². The summed E-state index contributed by atoms with van der Waals surface area (Å²) in [6, 6.07) is 7.65. The highest BCUT2D eigenvalue weighted by molar-refractivity contribution is 5.91. The van der Waals surface area contributed by atoms with Crippen LogP contribution in [0, 0.1) is 0 Å². The summed E-state index contributed by atoms with van der Waals surface area (Å²) in [5.41, 5.74) is 1.75. The number of para-hydroxylation sites is 2. The van der Waals surface area contributed by atoms with Crippen molar-refractivity contribution in [3.63, 3.8) is 0 Å². The van der Waals surface area contributed by atoms with Gasteiger partial charge in [0.05, 0.1) is 24.1 Å². The first-order valence-electron chi connectivity index (χ1n) is 6.12. The van der Waals surface area contributed by atoms with Crippen LogP contribution in [0.1, 0.15) is 19.8 Å². The number of benzene rings is 1. The predicted molar refractivity (Wildman–Crippen MR) is 70.5 cm³/mol. The van der Waals surface area contributed by atoms with Crippen LogP contribution < -0.4 is 5.32 Å². The molecule has 1 amide bonds. The summed E-state index contributed by atoms with van der Waals surface area (Å²) < 4.78 is 5.26. The molecule has 1 aromatic heterocycles. The summed E-state index contributed by atoms with van der Waals surface area (Å²) in [7, 11) is 0. The molecule has 0 saturated heterocycles. The monoisotopic (exact) mass is 247 g/mol. The van der Waals surface area contributed by atoms with Crippen molar-refractivity contribution in [2.75, 3.05) is 18.5 Å². The van der Waals surface area contributed by atoms with E-state index in [1.165, 1.54) is 0 Å². The number of hydrogen-bond donors (Lipinski definition) is 2. The van der Waals surface area contributed by atoms with Gasteiger partial charge in [0.15, 0.2) is 0 Å². The molecule has 0 unspecified atom stereocenters. The van der Waals surface area contributed by atoms with Gasteiger partial charge in [0.1, 0.15) is 0 Å². The van der Waals surface area contributed by atoms with Gasteiger partial charge in [-0.1, -0.05) is 19.1 Å². The quantitative estimate of drug-likeness (QED) is 0.770. The highest BCUT2D eigenvalue weighted by Crippen LogP contribution is 2.13. The largest absolute Gasteiger partial charge is 0.381 e. The van der Waals surface area contributed by atoms with Gasteiger partial charge in [0, 0.05) is 6.61 Å². The van der Waals surface area contributed by atoms with E-state index in [-0.39, 0.29) is 5.91 Å². The second-order valence-corrected chi connectivity index (χ2v) is 4.01. The Morgan fingerprint density at radius 2 is 2.22 bits per heavy atom. The molecule has 0 aliphatic rings. The lowest BCUT2D eigenvalue weighted by Gasteiger charge is -2.02. The van der Waals surface area contributed by atoms with E-state index < -0.39 is 0 Å². The minimum atomic E-state index is -0.0924. The molecule has 96 valence electrons. The number of hydrogen-bond acceptors (Lipinski definition) is 3. The second kappa shape index (κ2) is 6.16. The summed E-state index contributed by atoms with van der Waals surface area (Å²) >= 11 is 0. The van der Waals surface area contributed by atoms with Crippen LogP contribution in [-0.4, -0.2) is 29.1 Å². The number of rotatable bonds is 6. The van der Waals surface area contributed by atoms with E-state index in [0.717, 1.165) is 17.5 Å². The average Bonchev–Trinajstić information content (AvgIpc) is 2.76. The predicted octanol–water partition coefficient (Wildman–Crippen LogP) is 2.32. The van der Waals surface area contributed by atoms with Gasteiger partial charge < -0.3 is 9.72 Å². The molecule has 0 aliphatic heterocycles. The Morgan fingerprint density at radius 3 is 3.00 bits per heavy atom. The highest BCUT2D eigenvalue weighted by Gasteiger charge is 2.06. The van der Waals surface area contributed by atoms with E-state index >= 15 is 0 Å². The average molecular weight is 247 g/mol. The first-order valence-corrected chi connectivity index (χ1v) is 6.12. The van der Waals surface area contributed by atoms with Gasteiger partial charge in [0.25, 0.3) is 0 Å². The lowest BCUT2D eigenvalue weighted by atomic mass is 10.3. The highest BCUT2D eigenvalue weighted by atomic mass is 16.5. The fourth-order valence-corrected chi connectivity index (χ4v) is 1.62. The molecule has 2 aromatic rings. The van der Waals surface area contributed by atoms with Crippen molar-refractivity contribution in [3.8, 4) is 0 Å². The van der Waals surface area contributed by atoms with Gasteiger partial charge in [-0.2, -0.15) is 0 Å². The third kappa shape index (κ3) is 3.30. The van der Waals surface area contributed by atoms with E-state index in [1.807, 2.05) is 31.2 Å². The van der Waals surface area contributed by atoms with Gasteiger partial charge in [-0.3, -0.25) is 10.1 Å². The first-order chi connectivity index (χ1) is 8.79. The Labute approximate surface area is 106 Å². The molecule has 2 rings (SSSR count). The third-order valence-electron chi connectivity index (χ3n) is 2.47. The number of nitrogens with zero attached hydrogens (tertiary/aromatic N) is 1. The molecule has 0 aliphatic carbocycles. The van der Waals surface area contributed by atoms with E-state index in [9.17, 15) is 4.79 Å². The van der Waals surface area contributed by atoms with Crippen LogP contribution in [0.15, 0.2) is 24.3 Å². The Balaban J connectivity index is 1.86. The zero-order valence-corrected chi connectivity index (χ0v) is 10.4. The Bertz CT molecular complexity index is 489. The van der Waals surface area contributed by atoms with Gasteiger partial charge in [-0.25, -0.2) is 4.98 Å². The minimum absolute atomic E-state index is 0.0924. The van der Waals surface area contributed by atoms with Crippen LogP contribution in [0.3, 0.4) is 0 Å². The SMILES string of the molecule is CCCOCCC(=O)Nc1nc2ccccc2[nH]1. The molecule has 0 saturated carbocycles. The number of H-pyrrole nitrogens is 1. The molecule has 5 heteroatoms. The topological polar surface area (TPSA) is 67.0 Å². The molecular weight excluding hydrogens is 230 g/mol. The van der Waals surface area contributed by atoms with Crippen molar-refractivity contribution in [1.82, 2.24) is 9.97 Å². The van der Waals surface area contributed by atoms with Crippen molar-refractivity contribution >= 4 is 22.9 Å². The van der Waals surface area contributed by atoms with Crippen LogP contribution >= 0.6 is 0 Å². The fourth-order valence-electron chi connectivity index (χ4n) is 1.62. The van der Waals surface area contributed by atoms with Gasteiger partial charge in [-0.15, -0.1) is 0 Å². The molecule has 1 aromatic carbocycles. The zero-order chi connectivity index (χ0) is 12.8. The Morgan fingerprint density at radius 1 is 1.39 bits per heavy atom. The fraction of sp³-hybridized carbons (Fsp3) is 0.385. The molecular formula is C13H17N3O2. The summed E-state index contributed by atoms with van der Waals surface area (Å²) in [6.07, 6.45) is 1.31. The maximum absolute atomic E-state index is 11.6. The first kappa shape index (κ1) is 12.6. The standard InChI is InChI=1S/C13H17N3O2/c1-2-8-18-9-7-12(17)16-13-14-10-5-3-4-6-11(10)15-13/h3-6H,2,7-9H2,1H3,(H2,14,15,16,17). The van der Waals surface area contributed by atoms with Crippen molar-refractivity contribution in [3.05, 3.63) is 24.3 Å². The maximum Gasteiger partial charge on any atom is 0.228 e. The number of nitrogens with one attached hydrogen (secondary N) is 2. The van der Waals surface area contributed by atoms with Crippen LogP contribution in [0.5, 0.6) is 0 Å². The van der Waals surface area contributed by atoms with Crippen molar-refractivity contribution in [2.24, 2.45) is 0 Å². The number of ether oxygens (including phenoxy) is 1. The molecule has 2 N–H and O–H groups in total. The molecule has 0 bridgehead atoms. The normalized spacial score (nSPS) is 10.7. The molecule has 0 radical (unpaired) electrons. The second-order valence-electron chi connectivity index (χ2n) is 4.01. The smallest absolute Gasteiger partial charge is 0.228 e. The summed E-state index contributed by atoms with van der Waals surface area (Å²) in [6.45, 7) is 3.17. The lowest BCUT2D eigenvalue weighted by Crippen LogP contribution is -2.15. The van der Waals surface area contributed by atoms with Crippen molar-refractivity contribution in [2.45, 2.75) is 19.8 Å². The van der Waals surface area contributed by atoms with Gasteiger partial charge in [-0.05, 0) is 18.6 Å². The number of anilines is 1. The summed E-state index contributed by atoms with van der Waals surface area (Å²) in [5.74, 6) is 0.391. The number of aromatic amines is 1. The number of carbonyl (C=O) groups is 1. The Hall–Kier alpha value is -1.88. The molecule has 0 spiro atoms. The molecule has 0 atom stereocenters. The number of carbonyl (C=O) groups excluding carboxylic acids is 1. The van der Waals surface area contributed by atoms with E-state index in [4.69, 9.17) is 4.74 Å². The minimum Gasteiger partial charge on any atom is -0.381 e. The van der Waals surface area contributed by atoms with Gasteiger partial charge >= 0.3 is 0 Å². The number of fused-ring (bicyclic) bond motifs is 1. The lowest BCUT2D eigenvalue weighted by molar-refractivity contribution is -0.117.